The fraction of sp³-hybridized carbons (Fsp3) is 0. The molecular formula is C64H40N6. The predicted molar refractivity (Wildman–Crippen MR) is 288 cm³/mol. The first-order chi connectivity index (χ1) is 34.7. The molecule has 4 aromatic heterocycles. The van der Waals surface area contributed by atoms with E-state index in [0.717, 1.165) is 72.3 Å². The Balaban J connectivity index is 0.876. The fourth-order valence-corrected chi connectivity index (χ4v) is 10.5. The van der Waals surface area contributed by atoms with Gasteiger partial charge in [-0.3, -0.25) is 0 Å². The van der Waals surface area contributed by atoms with E-state index >= 15 is 0 Å². The summed E-state index contributed by atoms with van der Waals surface area (Å²) in [6.45, 7) is 0. The van der Waals surface area contributed by atoms with Crippen LogP contribution in [0.15, 0.2) is 243 Å². The number of rotatable bonds is 7. The lowest BCUT2D eigenvalue weighted by Crippen LogP contribution is -2.00. The highest BCUT2D eigenvalue weighted by Crippen LogP contribution is 2.43. The number of para-hydroxylation sites is 4. The molecule has 0 saturated carbocycles. The highest BCUT2D eigenvalue weighted by molar-refractivity contribution is 6.28. The molecule has 0 saturated heterocycles. The van der Waals surface area contributed by atoms with Crippen molar-refractivity contribution >= 4 is 65.3 Å². The van der Waals surface area contributed by atoms with E-state index in [9.17, 15) is 0 Å². The number of benzene rings is 10. The minimum Gasteiger partial charge on any atom is -0.309 e. The smallest absolute Gasteiger partial charge is 0.164 e. The molecule has 0 spiro atoms. The van der Waals surface area contributed by atoms with E-state index in [1.165, 1.54) is 43.5 Å². The second-order valence-electron chi connectivity index (χ2n) is 17.8. The molecule has 0 fully saturated rings. The first-order valence-corrected chi connectivity index (χ1v) is 23.6. The summed E-state index contributed by atoms with van der Waals surface area (Å²) in [6, 6.07) is 85.6. The summed E-state index contributed by atoms with van der Waals surface area (Å²) < 4.78 is 4.70. The first kappa shape index (κ1) is 39.6. The van der Waals surface area contributed by atoms with Crippen LogP contribution >= 0.6 is 0 Å². The topological polar surface area (TPSA) is 61.4 Å². The lowest BCUT2D eigenvalue weighted by atomic mass is 9.94. The van der Waals surface area contributed by atoms with Crippen molar-refractivity contribution < 1.29 is 0 Å². The van der Waals surface area contributed by atoms with E-state index in [4.69, 9.17) is 19.9 Å². The number of pyridine rings is 1. The second-order valence-corrected chi connectivity index (χ2v) is 17.8. The van der Waals surface area contributed by atoms with Gasteiger partial charge in [0.2, 0.25) is 0 Å². The molecule has 6 nitrogen and oxygen atoms in total. The van der Waals surface area contributed by atoms with Crippen molar-refractivity contribution in [3.05, 3.63) is 243 Å². The van der Waals surface area contributed by atoms with Crippen LogP contribution in [-0.2, 0) is 0 Å². The standard InChI is InChI=1S/C64H40N6/c1-4-16-42(17-5-1)61-60-51(37-39-58-59(60)52-24-12-15-27-57(52)70(58)47-20-8-3-9-21-47)53-40-46(34-38-54(53)65-61)41-28-30-44(31-29-41)63-66-62(43-18-6-2-7-19-43)67-64(68-63)45-32-35-48(36-33-45)69-55-25-13-10-22-49(55)50-23-11-14-26-56(50)69/h1-40H. The fourth-order valence-electron chi connectivity index (χ4n) is 10.5. The Morgan fingerprint density at radius 3 is 1.30 bits per heavy atom. The van der Waals surface area contributed by atoms with Crippen molar-refractivity contribution in [2.45, 2.75) is 0 Å². The monoisotopic (exact) mass is 892 g/mol. The zero-order valence-electron chi connectivity index (χ0n) is 37.8. The van der Waals surface area contributed by atoms with Crippen molar-refractivity contribution in [3.8, 4) is 67.9 Å². The molecule has 0 radical (unpaired) electrons. The van der Waals surface area contributed by atoms with Crippen LogP contribution in [-0.4, -0.2) is 29.1 Å². The number of hydrogen-bond donors (Lipinski definition) is 0. The molecule has 0 atom stereocenters. The number of nitrogens with zero attached hydrogens (tertiary/aromatic N) is 6. The van der Waals surface area contributed by atoms with E-state index < -0.39 is 0 Å². The zero-order valence-corrected chi connectivity index (χ0v) is 37.8. The Labute approximate surface area is 403 Å². The van der Waals surface area contributed by atoms with Gasteiger partial charge in [0.15, 0.2) is 17.5 Å². The minimum atomic E-state index is 0.614. The van der Waals surface area contributed by atoms with Crippen LogP contribution in [0, 0.1) is 0 Å². The largest absolute Gasteiger partial charge is 0.309 e. The Hall–Kier alpha value is -9.52. The third-order valence-corrected chi connectivity index (χ3v) is 13.8. The molecule has 70 heavy (non-hydrogen) atoms. The number of fused-ring (bicyclic) bond motifs is 10. The zero-order chi connectivity index (χ0) is 46.1. The van der Waals surface area contributed by atoms with E-state index in [1.54, 1.807) is 0 Å². The summed E-state index contributed by atoms with van der Waals surface area (Å²) in [5, 5.41) is 8.29. The number of aromatic nitrogens is 6. The van der Waals surface area contributed by atoms with Gasteiger partial charge in [0, 0.05) is 65.9 Å². The van der Waals surface area contributed by atoms with Crippen molar-refractivity contribution in [1.82, 2.24) is 29.1 Å². The van der Waals surface area contributed by atoms with Crippen LogP contribution < -0.4 is 0 Å². The Kier molecular flexibility index (Phi) is 9.10. The van der Waals surface area contributed by atoms with Crippen LogP contribution in [0.4, 0.5) is 0 Å². The van der Waals surface area contributed by atoms with E-state index in [-0.39, 0.29) is 0 Å². The molecule has 6 heteroatoms. The summed E-state index contributed by atoms with van der Waals surface area (Å²) in [5.41, 5.74) is 14.8. The molecule has 0 bridgehead atoms. The molecule has 4 heterocycles. The van der Waals surface area contributed by atoms with Crippen molar-refractivity contribution in [1.29, 1.82) is 0 Å². The van der Waals surface area contributed by atoms with Gasteiger partial charge in [-0.05, 0) is 89.3 Å². The summed E-state index contributed by atoms with van der Waals surface area (Å²) >= 11 is 0. The molecule has 0 unspecified atom stereocenters. The molecule has 326 valence electrons. The summed E-state index contributed by atoms with van der Waals surface area (Å²) in [4.78, 5) is 20.7. The molecule has 0 amide bonds. The minimum absolute atomic E-state index is 0.614. The SMILES string of the molecule is c1ccc(-c2nc(-c3ccc(-c4ccc5nc(-c6ccccc6)c6c(ccc7c6c6ccccc6n7-c6ccccc6)c5c4)cc3)nc(-c3ccc(-n4c5ccccc5c5ccccc54)cc3)n2)cc1. The Morgan fingerprint density at radius 2 is 0.686 bits per heavy atom. The van der Waals surface area contributed by atoms with Crippen LogP contribution in [0.2, 0.25) is 0 Å². The van der Waals surface area contributed by atoms with Crippen LogP contribution in [0.5, 0.6) is 0 Å². The van der Waals surface area contributed by atoms with E-state index in [1.807, 2.05) is 30.3 Å². The average Bonchev–Trinajstić information content (AvgIpc) is 3.97. The highest BCUT2D eigenvalue weighted by Gasteiger charge is 2.21. The van der Waals surface area contributed by atoms with E-state index in [0.29, 0.717) is 17.5 Å². The van der Waals surface area contributed by atoms with Gasteiger partial charge in [0.05, 0.1) is 33.3 Å². The average molecular weight is 893 g/mol. The van der Waals surface area contributed by atoms with Crippen molar-refractivity contribution in [2.75, 3.05) is 0 Å². The van der Waals surface area contributed by atoms with Gasteiger partial charge in [-0.1, -0.05) is 170 Å². The van der Waals surface area contributed by atoms with Gasteiger partial charge in [-0.25, -0.2) is 19.9 Å². The van der Waals surface area contributed by atoms with Gasteiger partial charge in [-0.15, -0.1) is 0 Å². The summed E-state index contributed by atoms with van der Waals surface area (Å²) in [7, 11) is 0. The van der Waals surface area contributed by atoms with Gasteiger partial charge >= 0.3 is 0 Å². The summed E-state index contributed by atoms with van der Waals surface area (Å²) in [5.74, 6) is 1.86. The van der Waals surface area contributed by atoms with Crippen molar-refractivity contribution in [2.24, 2.45) is 0 Å². The summed E-state index contributed by atoms with van der Waals surface area (Å²) in [6.07, 6.45) is 0. The molecule has 14 rings (SSSR count). The molecule has 10 aromatic carbocycles. The van der Waals surface area contributed by atoms with Gasteiger partial charge in [-0.2, -0.15) is 0 Å². The lowest BCUT2D eigenvalue weighted by Gasteiger charge is -2.14. The van der Waals surface area contributed by atoms with Gasteiger partial charge in [0.1, 0.15) is 0 Å². The lowest BCUT2D eigenvalue weighted by molar-refractivity contribution is 1.07. The third-order valence-electron chi connectivity index (χ3n) is 13.8. The molecule has 0 aliphatic carbocycles. The third kappa shape index (κ3) is 6.42. The maximum Gasteiger partial charge on any atom is 0.164 e. The molecular weight excluding hydrogens is 853 g/mol. The number of hydrogen-bond acceptors (Lipinski definition) is 4. The second kappa shape index (κ2) is 16.1. The molecule has 0 aliphatic heterocycles. The van der Waals surface area contributed by atoms with Gasteiger partial charge < -0.3 is 9.13 Å². The molecule has 0 aliphatic rings. The van der Waals surface area contributed by atoms with Crippen LogP contribution in [0.25, 0.3) is 133 Å². The van der Waals surface area contributed by atoms with Crippen molar-refractivity contribution in [3.63, 3.8) is 0 Å². The maximum absolute atomic E-state index is 5.48. The Bertz CT molecular complexity index is 4260. The maximum atomic E-state index is 5.48. The van der Waals surface area contributed by atoms with E-state index in [2.05, 4.69) is 221 Å². The molecule has 14 aromatic rings. The Morgan fingerprint density at radius 1 is 0.243 bits per heavy atom. The molecule has 0 N–H and O–H groups in total. The van der Waals surface area contributed by atoms with Gasteiger partial charge in [0.25, 0.3) is 0 Å². The van der Waals surface area contributed by atoms with Crippen LogP contribution in [0.1, 0.15) is 0 Å². The predicted octanol–water partition coefficient (Wildman–Crippen LogP) is 16.1. The normalized spacial score (nSPS) is 11.7. The quantitative estimate of drug-likeness (QED) is 0.150. The van der Waals surface area contributed by atoms with Crippen LogP contribution in [0.3, 0.4) is 0 Å². The first-order valence-electron chi connectivity index (χ1n) is 23.6. The highest BCUT2D eigenvalue weighted by atomic mass is 15.0.